The number of hydrogen-bond acceptors (Lipinski definition) is 5. The molecule has 1 amide bonds. The van der Waals surface area contributed by atoms with Gasteiger partial charge in [0.2, 0.25) is 5.91 Å². The summed E-state index contributed by atoms with van der Waals surface area (Å²) >= 11 is 1.31. The number of hydrogen-bond donors (Lipinski definition) is 2. The standard InChI is InChI=1S/C23H24FN5O2S/c1-16(30)25-19-8-4-17(5-9-19)21(31)15-32-23-27-26-22(14-28-12-2-3-13-28)29(23)20-10-6-18(24)7-11-20/h4-11H,2-3,12-15H2,1H3,(H,25,30)/p+1. The first-order valence-electron chi connectivity index (χ1n) is 10.6. The van der Waals surface area contributed by atoms with E-state index in [1.165, 1.54) is 48.6 Å². The van der Waals surface area contributed by atoms with Gasteiger partial charge in [-0.3, -0.25) is 14.2 Å². The molecule has 2 heterocycles. The Hall–Kier alpha value is -3.04. The third-order valence-corrected chi connectivity index (χ3v) is 6.29. The zero-order valence-electron chi connectivity index (χ0n) is 17.8. The zero-order valence-corrected chi connectivity index (χ0v) is 18.6. The molecular formula is C23H25FN5O2S+. The molecule has 3 aromatic rings. The van der Waals surface area contributed by atoms with Crippen LogP contribution >= 0.6 is 11.8 Å². The molecule has 2 aromatic carbocycles. The van der Waals surface area contributed by atoms with Crippen LogP contribution in [0.2, 0.25) is 0 Å². The fraction of sp³-hybridized carbons (Fsp3) is 0.304. The Balaban J connectivity index is 1.51. The van der Waals surface area contributed by atoms with E-state index in [4.69, 9.17) is 0 Å². The summed E-state index contributed by atoms with van der Waals surface area (Å²) in [6.07, 6.45) is 2.41. The molecule has 166 valence electrons. The third kappa shape index (κ3) is 5.41. The molecule has 2 N–H and O–H groups in total. The summed E-state index contributed by atoms with van der Waals surface area (Å²) in [6.45, 7) is 4.38. The van der Waals surface area contributed by atoms with E-state index in [0.29, 0.717) is 16.4 Å². The topological polar surface area (TPSA) is 81.3 Å². The fourth-order valence-electron chi connectivity index (χ4n) is 3.79. The highest BCUT2D eigenvalue weighted by Crippen LogP contribution is 2.23. The first kappa shape index (κ1) is 22.2. The molecule has 0 aliphatic carbocycles. The van der Waals surface area contributed by atoms with Crippen molar-refractivity contribution in [3.63, 3.8) is 0 Å². The average Bonchev–Trinajstić information content (AvgIpc) is 3.43. The zero-order chi connectivity index (χ0) is 22.5. The molecule has 1 aliphatic rings. The highest BCUT2D eigenvalue weighted by atomic mass is 32.2. The predicted octanol–water partition coefficient (Wildman–Crippen LogP) is 2.52. The first-order valence-corrected chi connectivity index (χ1v) is 11.6. The van der Waals surface area contributed by atoms with Crippen molar-refractivity contribution in [1.29, 1.82) is 0 Å². The number of carbonyl (C=O) groups is 2. The molecule has 1 aromatic heterocycles. The first-order chi connectivity index (χ1) is 15.5. The number of amides is 1. The SMILES string of the molecule is CC(=O)Nc1ccc(C(=O)CSc2nnc(C[NH+]3CCCC3)n2-c2ccc(F)cc2)cc1. The van der Waals surface area contributed by atoms with Crippen molar-refractivity contribution in [2.75, 3.05) is 24.2 Å². The molecule has 1 aliphatic heterocycles. The number of aromatic nitrogens is 3. The van der Waals surface area contributed by atoms with Crippen LogP contribution in [0, 0.1) is 5.82 Å². The highest BCUT2D eigenvalue weighted by Gasteiger charge is 2.22. The van der Waals surface area contributed by atoms with E-state index < -0.39 is 0 Å². The molecule has 9 heteroatoms. The highest BCUT2D eigenvalue weighted by molar-refractivity contribution is 7.99. The Morgan fingerprint density at radius 2 is 1.75 bits per heavy atom. The minimum atomic E-state index is -0.305. The number of nitrogens with zero attached hydrogens (tertiary/aromatic N) is 3. The molecule has 1 fully saturated rings. The van der Waals surface area contributed by atoms with Crippen molar-refractivity contribution in [3.05, 3.63) is 65.7 Å². The molecule has 4 rings (SSSR count). The van der Waals surface area contributed by atoms with Crippen molar-refractivity contribution in [1.82, 2.24) is 14.8 Å². The van der Waals surface area contributed by atoms with Crippen LogP contribution in [-0.2, 0) is 11.3 Å². The van der Waals surface area contributed by atoms with E-state index in [-0.39, 0.29) is 23.3 Å². The molecule has 1 saturated heterocycles. The minimum absolute atomic E-state index is 0.0512. The van der Waals surface area contributed by atoms with Crippen LogP contribution in [0.3, 0.4) is 0 Å². The second-order valence-corrected chi connectivity index (χ2v) is 8.76. The summed E-state index contributed by atoms with van der Waals surface area (Å²) in [7, 11) is 0. The second kappa shape index (κ2) is 10.1. The van der Waals surface area contributed by atoms with Crippen LogP contribution in [0.1, 0.15) is 35.9 Å². The van der Waals surface area contributed by atoms with Crippen molar-refractivity contribution < 1.29 is 18.9 Å². The normalized spacial score (nSPS) is 13.9. The van der Waals surface area contributed by atoms with Gasteiger partial charge in [-0.25, -0.2) is 4.39 Å². The van der Waals surface area contributed by atoms with Gasteiger partial charge in [0.15, 0.2) is 16.8 Å². The lowest BCUT2D eigenvalue weighted by atomic mass is 10.1. The van der Waals surface area contributed by atoms with Crippen LogP contribution in [0.5, 0.6) is 0 Å². The summed E-state index contributed by atoms with van der Waals surface area (Å²) < 4.78 is 15.4. The lowest BCUT2D eigenvalue weighted by Gasteiger charge is -2.14. The van der Waals surface area contributed by atoms with Crippen LogP contribution in [0.25, 0.3) is 5.69 Å². The Labute approximate surface area is 190 Å². The minimum Gasteiger partial charge on any atom is -0.329 e. The number of ketones is 1. The largest absolute Gasteiger partial charge is 0.329 e. The smallest absolute Gasteiger partial charge is 0.221 e. The number of halogens is 1. The van der Waals surface area contributed by atoms with Gasteiger partial charge in [-0.15, -0.1) is 10.2 Å². The van der Waals surface area contributed by atoms with E-state index in [1.54, 1.807) is 36.4 Å². The molecular weight excluding hydrogens is 429 g/mol. The summed E-state index contributed by atoms with van der Waals surface area (Å²) in [4.78, 5) is 25.3. The van der Waals surface area contributed by atoms with Crippen molar-refractivity contribution in [3.8, 4) is 5.69 Å². The molecule has 0 saturated carbocycles. The van der Waals surface area contributed by atoms with Crippen LogP contribution < -0.4 is 10.2 Å². The number of anilines is 1. The van der Waals surface area contributed by atoms with Gasteiger partial charge in [0.25, 0.3) is 0 Å². The number of nitrogens with one attached hydrogen (secondary N) is 2. The van der Waals surface area contributed by atoms with E-state index in [1.807, 2.05) is 4.57 Å². The van der Waals surface area contributed by atoms with Gasteiger partial charge in [0.1, 0.15) is 12.4 Å². The Morgan fingerprint density at radius 1 is 1.06 bits per heavy atom. The number of quaternary nitrogens is 1. The molecule has 7 nitrogen and oxygen atoms in total. The summed E-state index contributed by atoms with van der Waals surface area (Å²) in [6, 6.07) is 13.0. The summed E-state index contributed by atoms with van der Waals surface area (Å²) in [5, 5.41) is 12.0. The number of carbonyl (C=O) groups excluding carboxylic acids is 2. The predicted molar refractivity (Wildman–Crippen MR) is 121 cm³/mol. The van der Waals surface area contributed by atoms with Crippen molar-refractivity contribution in [2.24, 2.45) is 0 Å². The van der Waals surface area contributed by atoms with Gasteiger partial charge < -0.3 is 10.2 Å². The van der Waals surface area contributed by atoms with Crippen LogP contribution in [-0.4, -0.2) is 45.3 Å². The molecule has 0 radical (unpaired) electrons. The molecule has 0 bridgehead atoms. The Bertz CT molecular complexity index is 1090. The Morgan fingerprint density at radius 3 is 2.41 bits per heavy atom. The van der Waals surface area contributed by atoms with E-state index >= 15 is 0 Å². The number of rotatable bonds is 8. The fourth-order valence-corrected chi connectivity index (χ4v) is 4.65. The molecule has 0 spiro atoms. The van der Waals surface area contributed by atoms with Gasteiger partial charge in [0.05, 0.1) is 18.8 Å². The molecule has 0 unspecified atom stereocenters. The number of likely N-dealkylation sites (tertiary alicyclic amines) is 1. The monoisotopic (exact) mass is 454 g/mol. The van der Waals surface area contributed by atoms with Gasteiger partial charge >= 0.3 is 0 Å². The number of thioether (sulfide) groups is 1. The van der Waals surface area contributed by atoms with E-state index in [0.717, 1.165) is 31.1 Å². The Kier molecular flexibility index (Phi) is 6.96. The maximum atomic E-state index is 13.5. The quantitative estimate of drug-likeness (QED) is 0.404. The molecule has 0 atom stereocenters. The maximum absolute atomic E-state index is 13.5. The number of Topliss-reactive ketones (excluding diaryl/α,β-unsaturated/α-hetero) is 1. The summed E-state index contributed by atoms with van der Waals surface area (Å²) in [5.74, 6) is 0.481. The van der Waals surface area contributed by atoms with E-state index in [2.05, 4.69) is 15.5 Å². The third-order valence-electron chi connectivity index (χ3n) is 5.36. The van der Waals surface area contributed by atoms with Crippen molar-refractivity contribution >= 4 is 29.1 Å². The van der Waals surface area contributed by atoms with Crippen LogP contribution in [0.4, 0.5) is 10.1 Å². The van der Waals surface area contributed by atoms with Gasteiger partial charge in [-0.2, -0.15) is 0 Å². The van der Waals surface area contributed by atoms with Crippen LogP contribution in [0.15, 0.2) is 53.7 Å². The average molecular weight is 455 g/mol. The molecule has 32 heavy (non-hydrogen) atoms. The second-order valence-electron chi connectivity index (χ2n) is 7.81. The summed E-state index contributed by atoms with van der Waals surface area (Å²) in [5.41, 5.74) is 1.98. The van der Waals surface area contributed by atoms with Gasteiger partial charge in [-0.05, 0) is 48.5 Å². The number of benzene rings is 2. The lowest BCUT2D eigenvalue weighted by Crippen LogP contribution is -3.08. The van der Waals surface area contributed by atoms with Gasteiger partial charge in [0, 0.05) is 36.7 Å². The van der Waals surface area contributed by atoms with Crippen molar-refractivity contribution in [2.45, 2.75) is 31.5 Å². The van der Waals surface area contributed by atoms with Gasteiger partial charge in [-0.1, -0.05) is 11.8 Å². The van der Waals surface area contributed by atoms with E-state index in [9.17, 15) is 14.0 Å². The maximum Gasteiger partial charge on any atom is 0.221 e. The lowest BCUT2D eigenvalue weighted by molar-refractivity contribution is -0.902.